The van der Waals surface area contributed by atoms with Gasteiger partial charge in [0.25, 0.3) is 0 Å². The van der Waals surface area contributed by atoms with Crippen LogP contribution in [0.25, 0.3) is 0 Å². The van der Waals surface area contributed by atoms with E-state index in [9.17, 15) is 4.79 Å². The van der Waals surface area contributed by atoms with Crippen LogP contribution < -0.4 is 5.73 Å². The molecule has 2 fully saturated rings. The van der Waals surface area contributed by atoms with Crippen LogP contribution >= 0.6 is 12.4 Å². The molecule has 2 unspecified atom stereocenters. The summed E-state index contributed by atoms with van der Waals surface area (Å²) < 4.78 is 0. The smallest absolute Gasteiger partial charge is 0.225 e. The van der Waals surface area contributed by atoms with E-state index in [1.54, 1.807) is 18.6 Å². The number of aromatic nitrogens is 2. The van der Waals surface area contributed by atoms with Crippen molar-refractivity contribution in [3.63, 3.8) is 0 Å². The first-order chi connectivity index (χ1) is 10.6. The standard InChI is InChI=1S/C17H26N4O.ClH/c1-21(8-5-15-11-19-6-7-20-15)17(22)14-9-12-3-2-4-13(10-14)16(12)18;/h6-7,11-14,16H,2-5,8-10,18H2,1H3;1H. The molecule has 0 radical (unpaired) electrons. The summed E-state index contributed by atoms with van der Waals surface area (Å²) in [6, 6.07) is 0.322. The Balaban J connectivity index is 0.00000192. The molecule has 128 valence electrons. The number of rotatable bonds is 4. The summed E-state index contributed by atoms with van der Waals surface area (Å²) in [5, 5.41) is 0. The van der Waals surface area contributed by atoms with E-state index >= 15 is 0 Å². The molecule has 2 saturated carbocycles. The van der Waals surface area contributed by atoms with Crippen molar-refractivity contribution in [2.45, 2.75) is 44.6 Å². The molecule has 1 heterocycles. The number of nitrogens with zero attached hydrogens (tertiary/aromatic N) is 3. The number of fused-ring (bicyclic) bond motifs is 2. The van der Waals surface area contributed by atoms with Crippen LogP contribution in [-0.4, -0.2) is 40.4 Å². The molecule has 0 aliphatic heterocycles. The van der Waals surface area contributed by atoms with Gasteiger partial charge in [-0.15, -0.1) is 12.4 Å². The second kappa shape index (κ2) is 8.06. The van der Waals surface area contributed by atoms with Crippen LogP contribution in [0.5, 0.6) is 0 Å². The van der Waals surface area contributed by atoms with Crippen molar-refractivity contribution in [3.8, 4) is 0 Å². The van der Waals surface area contributed by atoms with Crippen molar-refractivity contribution < 1.29 is 4.79 Å². The molecule has 2 aliphatic carbocycles. The second-order valence-electron chi connectivity index (χ2n) is 6.90. The number of amides is 1. The van der Waals surface area contributed by atoms with Crippen LogP contribution in [0.15, 0.2) is 18.6 Å². The highest BCUT2D eigenvalue weighted by atomic mass is 35.5. The van der Waals surface area contributed by atoms with E-state index in [0.717, 1.165) is 25.0 Å². The van der Waals surface area contributed by atoms with Crippen LogP contribution in [0, 0.1) is 17.8 Å². The summed E-state index contributed by atoms with van der Waals surface area (Å²) in [6.45, 7) is 0.704. The summed E-state index contributed by atoms with van der Waals surface area (Å²) in [6.07, 6.45) is 11.5. The lowest BCUT2D eigenvalue weighted by atomic mass is 9.65. The highest BCUT2D eigenvalue weighted by molar-refractivity contribution is 5.85. The van der Waals surface area contributed by atoms with E-state index in [1.807, 2.05) is 11.9 Å². The first-order valence-electron chi connectivity index (χ1n) is 8.40. The molecule has 6 heteroatoms. The van der Waals surface area contributed by atoms with Crippen LogP contribution in [0.2, 0.25) is 0 Å². The van der Waals surface area contributed by atoms with Gasteiger partial charge in [-0.05, 0) is 37.5 Å². The zero-order valence-electron chi connectivity index (χ0n) is 13.7. The molecule has 2 atom stereocenters. The largest absolute Gasteiger partial charge is 0.345 e. The fourth-order valence-corrected chi connectivity index (χ4v) is 4.15. The number of hydrogen-bond donors (Lipinski definition) is 1. The van der Waals surface area contributed by atoms with Gasteiger partial charge in [0, 0.05) is 50.6 Å². The van der Waals surface area contributed by atoms with E-state index in [1.165, 1.54) is 19.3 Å². The first-order valence-corrected chi connectivity index (χ1v) is 8.40. The molecule has 3 rings (SSSR count). The Bertz CT molecular complexity index is 499. The summed E-state index contributed by atoms with van der Waals surface area (Å²) in [5.41, 5.74) is 7.25. The molecule has 2 aliphatic rings. The number of halogens is 1. The van der Waals surface area contributed by atoms with Crippen molar-refractivity contribution >= 4 is 18.3 Å². The van der Waals surface area contributed by atoms with Crippen molar-refractivity contribution in [1.82, 2.24) is 14.9 Å². The third-order valence-corrected chi connectivity index (χ3v) is 5.46. The Kier molecular flexibility index (Phi) is 6.36. The fourth-order valence-electron chi connectivity index (χ4n) is 4.15. The van der Waals surface area contributed by atoms with Gasteiger partial charge in [-0.25, -0.2) is 0 Å². The first kappa shape index (κ1) is 18.1. The summed E-state index contributed by atoms with van der Waals surface area (Å²) in [7, 11) is 1.91. The van der Waals surface area contributed by atoms with Gasteiger partial charge in [0.15, 0.2) is 0 Å². The lowest BCUT2D eigenvalue weighted by molar-refractivity contribution is -0.137. The molecule has 2 N–H and O–H groups in total. The molecule has 1 amide bonds. The van der Waals surface area contributed by atoms with Crippen molar-refractivity contribution in [2.75, 3.05) is 13.6 Å². The highest BCUT2D eigenvalue weighted by Gasteiger charge is 2.41. The maximum Gasteiger partial charge on any atom is 0.225 e. The minimum atomic E-state index is 0. The number of hydrogen-bond acceptors (Lipinski definition) is 4. The van der Waals surface area contributed by atoms with Crippen LogP contribution in [0.4, 0.5) is 0 Å². The molecule has 1 aromatic heterocycles. The van der Waals surface area contributed by atoms with Gasteiger partial charge in [0.1, 0.15) is 0 Å². The fraction of sp³-hybridized carbons (Fsp3) is 0.706. The zero-order chi connectivity index (χ0) is 15.5. The van der Waals surface area contributed by atoms with Gasteiger partial charge in [-0.1, -0.05) is 6.42 Å². The number of carbonyl (C=O) groups is 1. The van der Waals surface area contributed by atoms with Crippen LogP contribution in [0.3, 0.4) is 0 Å². The molecule has 5 nitrogen and oxygen atoms in total. The predicted molar refractivity (Wildman–Crippen MR) is 92.2 cm³/mol. The normalized spacial score (nSPS) is 29.5. The second-order valence-corrected chi connectivity index (χ2v) is 6.90. The Morgan fingerprint density at radius 3 is 2.61 bits per heavy atom. The minimum absolute atomic E-state index is 0. The Labute approximate surface area is 144 Å². The number of nitrogens with two attached hydrogens (primary N) is 1. The molecular weight excluding hydrogens is 312 g/mol. The Hall–Kier alpha value is -1.20. The number of likely N-dealkylation sites (N-methyl/N-ethyl adjacent to an activating group) is 1. The predicted octanol–water partition coefficient (Wildman–Crippen LogP) is 2.05. The monoisotopic (exact) mass is 338 g/mol. The van der Waals surface area contributed by atoms with E-state index in [4.69, 9.17) is 5.73 Å². The molecule has 23 heavy (non-hydrogen) atoms. The zero-order valence-corrected chi connectivity index (χ0v) is 14.5. The number of carbonyl (C=O) groups excluding carboxylic acids is 1. The highest BCUT2D eigenvalue weighted by Crippen LogP contribution is 2.42. The molecule has 2 bridgehead atoms. The summed E-state index contributed by atoms with van der Waals surface area (Å²) in [5.74, 6) is 1.55. The summed E-state index contributed by atoms with van der Waals surface area (Å²) >= 11 is 0. The average Bonchev–Trinajstić information content (AvgIpc) is 2.52. The maximum absolute atomic E-state index is 12.7. The SMILES string of the molecule is CN(CCc1cnccn1)C(=O)C1CC2CCCC(C1)C2N.Cl. The minimum Gasteiger partial charge on any atom is -0.345 e. The van der Waals surface area contributed by atoms with Gasteiger partial charge in [0.2, 0.25) is 5.91 Å². The molecule has 1 aromatic rings. The van der Waals surface area contributed by atoms with E-state index < -0.39 is 0 Å². The van der Waals surface area contributed by atoms with Crippen LogP contribution in [0.1, 0.15) is 37.8 Å². The Morgan fingerprint density at radius 1 is 1.30 bits per heavy atom. The molecule has 0 saturated heterocycles. The van der Waals surface area contributed by atoms with E-state index in [2.05, 4.69) is 9.97 Å². The third-order valence-electron chi connectivity index (χ3n) is 5.46. The lowest BCUT2D eigenvalue weighted by Crippen LogP contribution is -2.49. The third kappa shape index (κ3) is 4.21. The summed E-state index contributed by atoms with van der Waals surface area (Å²) in [4.78, 5) is 22.9. The molecule has 0 aromatic carbocycles. The van der Waals surface area contributed by atoms with Crippen molar-refractivity contribution in [1.29, 1.82) is 0 Å². The van der Waals surface area contributed by atoms with E-state index in [-0.39, 0.29) is 24.2 Å². The van der Waals surface area contributed by atoms with Gasteiger partial charge < -0.3 is 10.6 Å². The topological polar surface area (TPSA) is 72.1 Å². The van der Waals surface area contributed by atoms with E-state index in [0.29, 0.717) is 24.4 Å². The Morgan fingerprint density at radius 2 is 2.00 bits per heavy atom. The maximum atomic E-state index is 12.7. The van der Waals surface area contributed by atoms with Crippen molar-refractivity contribution in [3.05, 3.63) is 24.3 Å². The molecule has 0 spiro atoms. The van der Waals surface area contributed by atoms with Gasteiger partial charge in [0.05, 0.1) is 5.69 Å². The quantitative estimate of drug-likeness (QED) is 0.912. The van der Waals surface area contributed by atoms with Crippen molar-refractivity contribution in [2.24, 2.45) is 23.5 Å². The van der Waals surface area contributed by atoms with Gasteiger partial charge >= 0.3 is 0 Å². The van der Waals surface area contributed by atoms with Gasteiger partial charge in [-0.3, -0.25) is 14.8 Å². The average molecular weight is 339 g/mol. The lowest BCUT2D eigenvalue weighted by Gasteiger charge is -2.44. The van der Waals surface area contributed by atoms with Gasteiger partial charge in [-0.2, -0.15) is 0 Å². The molecular formula is C17H27ClN4O. The van der Waals surface area contributed by atoms with Crippen LogP contribution in [-0.2, 0) is 11.2 Å².